The monoisotopic (exact) mass is 208 g/mol. The molecule has 4 N–H and O–H groups in total. The van der Waals surface area contributed by atoms with E-state index >= 15 is 0 Å². The Labute approximate surface area is 83.9 Å². The number of ether oxygens (including phenoxy) is 1. The van der Waals surface area contributed by atoms with Gasteiger partial charge in [0.05, 0.1) is 0 Å². The standard InChI is InChI=1S/C9H20O5/c1-5-6(9(11,12)13)14-7(10)8(2,3)4/h6-7,10-13H,5H2,1-4H3. The van der Waals surface area contributed by atoms with Crippen molar-refractivity contribution in [3.8, 4) is 0 Å². The van der Waals surface area contributed by atoms with Crippen LogP contribution in [0.25, 0.3) is 0 Å². The van der Waals surface area contributed by atoms with Gasteiger partial charge in [-0.15, -0.1) is 0 Å². The number of hydrogen-bond acceptors (Lipinski definition) is 5. The molecule has 5 heteroatoms. The van der Waals surface area contributed by atoms with Gasteiger partial charge >= 0.3 is 5.97 Å². The van der Waals surface area contributed by atoms with Gasteiger partial charge in [-0.1, -0.05) is 27.7 Å². The van der Waals surface area contributed by atoms with Gasteiger partial charge in [-0.25, -0.2) is 0 Å². The molecule has 0 fully saturated rings. The molecule has 5 nitrogen and oxygen atoms in total. The molecule has 0 aromatic heterocycles. The van der Waals surface area contributed by atoms with Gasteiger partial charge in [0.1, 0.15) is 6.10 Å². The van der Waals surface area contributed by atoms with Crippen molar-refractivity contribution in [1.82, 2.24) is 0 Å². The molecule has 0 radical (unpaired) electrons. The zero-order chi connectivity index (χ0) is 11.6. The van der Waals surface area contributed by atoms with E-state index in [1.165, 1.54) is 0 Å². The molecule has 0 spiro atoms. The zero-order valence-electron chi connectivity index (χ0n) is 9.06. The molecule has 0 aliphatic heterocycles. The van der Waals surface area contributed by atoms with Gasteiger partial charge in [-0.3, -0.25) is 0 Å². The topological polar surface area (TPSA) is 90.2 Å². The third kappa shape index (κ3) is 4.34. The first-order valence-corrected chi connectivity index (χ1v) is 4.59. The molecule has 0 heterocycles. The molecular weight excluding hydrogens is 188 g/mol. The summed E-state index contributed by atoms with van der Waals surface area (Å²) >= 11 is 0. The number of aliphatic hydroxyl groups is 4. The lowest BCUT2D eigenvalue weighted by molar-refractivity contribution is -0.382. The lowest BCUT2D eigenvalue weighted by atomic mass is 9.96. The summed E-state index contributed by atoms with van der Waals surface area (Å²) in [5.41, 5.74) is -0.543. The number of rotatable bonds is 4. The van der Waals surface area contributed by atoms with Crippen LogP contribution in [0.5, 0.6) is 0 Å². The van der Waals surface area contributed by atoms with Crippen LogP contribution in [0, 0.1) is 5.41 Å². The van der Waals surface area contributed by atoms with Crippen LogP contribution in [-0.2, 0) is 4.74 Å². The van der Waals surface area contributed by atoms with Crippen molar-refractivity contribution in [1.29, 1.82) is 0 Å². The molecule has 2 atom stereocenters. The average Bonchev–Trinajstić information content (AvgIpc) is 1.95. The normalized spacial score (nSPS) is 18.0. The van der Waals surface area contributed by atoms with Crippen LogP contribution in [0.1, 0.15) is 34.1 Å². The summed E-state index contributed by atoms with van der Waals surface area (Å²) < 4.78 is 4.93. The van der Waals surface area contributed by atoms with Crippen LogP contribution in [0.15, 0.2) is 0 Å². The molecule has 0 rings (SSSR count). The number of hydrogen-bond donors (Lipinski definition) is 4. The Kier molecular flexibility index (Phi) is 4.48. The molecule has 14 heavy (non-hydrogen) atoms. The fraction of sp³-hybridized carbons (Fsp3) is 1.00. The molecular formula is C9H20O5. The molecule has 0 aliphatic rings. The predicted octanol–water partition coefficient (Wildman–Crippen LogP) is -0.223. The highest BCUT2D eigenvalue weighted by Crippen LogP contribution is 2.24. The summed E-state index contributed by atoms with van der Waals surface area (Å²) in [5, 5.41) is 36.1. The summed E-state index contributed by atoms with van der Waals surface area (Å²) in [5.74, 6) is -2.92. The van der Waals surface area contributed by atoms with Gasteiger partial charge in [-0.05, 0) is 6.42 Å². The average molecular weight is 208 g/mol. The molecule has 0 saturated heterocycles. The van der Waals surface area contributed by atoms with Crippen molar-refractivity contribution >= 4 is 0 Å². The summed E-state index contributed by atoms with van der Waals surface area (Å²) in [4.78, 5) is 0. The minimum Gasteiger partial charge on any atom is -0.367 e. The lowest BCUT2D eigenvalue weighted by Gasteiger charge is -2.32. The Morgan fingerprint density at radius 2 is 1.57 bits per heavy atom. The van der Waals surface area contributed by atoms with E-state index in [0.717, 1.165) is 0 Å². The van der Waals surface area contributed by atoms with Gasteiger partial charge in [0.15, 0.2) is 6.29 Å². The zero-order valence-corrected chi connectivity index (χ0v) is 9.06. The summed E-state index contributed by atoms with van der Waals surface area (Å²) in [6, 6.07) is 0. The van der Waals surface area contributed by atoms with Gasteiger partial charge < -0.3 is 25.2 Å². The smallest absolute Gasteiger partial charge is 0.303 e. The van der Waals surface area contributed by atoms with Crippen LogP contribution < -0.4 is 0 Å². The molecule has 0 aromatic carbocycles. The third-order valence-corrected chi connectivity index (χ3v) is 1.84. The molecule has 2 unspecified atom stereocenters. The minimum atomic E-state index is -2.92. The van der Waals surface area contributed by atoms with Crippen molar-refractivity contribution in [3.63, 3.8) is 0 Å². The van der Waals surface area contributed by atoms with E-state index in [4.69, 9.17) is 20.1 Å². The highest BCUT2D eigenvalue weighted by Gasteiger charge is 2.36. The molecule has 86 valence electrons. The lowest BCUT2D eigenvalue weighted by Crippen LogP contribution is -2.47. The first-order chi connectivity index (χ1) is 6.09. The van der Waals surface area contributed by atoms with Gasteiger partial charge in [0.25, 0.3) is 0 Å². The summed E-state index contributed by atoms with van der Waals surface area (Å²) in [7, 11) is 0. The maximum Gasteiger partial charge on any atom is 0.303 e. The Hall–Kier alpha value is -0.200. The molecule has 0 aromatic rings. The van der Waals surface area contributed by atoms with E-state index in [2.05, 4.69) is 0 Å². The fourth-order valence-corrected chi connectivity index (χ4v) is 0.821. The van der Waals surface area contributed by atoms with E-state index in [-0.39, 0.29) is 6.42 Å². The second-order valence-corrected chi connectivity index (χ2v) is 4.44. The van der Waals surface area contributed by atoms with Crippen molar-refractivity contribution in [2.75, 3.05) is 0 Å². The molecule has 0 amide bonds. The van der Waals surface area contributed by atoms with Crippen molar-refractivity contribution in [2.45, 2.75) is 52.5 Å². The largest absolute Gasteiger partial charge is 0.367 e. The van der Waals surface area contributed by atoms with Crippen molar-refractivity contribution in [2.24, 2.45) is 5.41 Å². The predicted molar refractivity (Wildman–Crippen MR) is 50.0 cm³/mol. The van der Waals surface area contributed by atoms with Crippen LogP contribution >= 0.6 is 0 Å². The molecule has 0 aliphatic carbocycles. The second-order valence-electron chi connectivity index (χ2n) is 4.44. The van der Waals surface area contributed by atoms with Gasteiger partial charge in [0.2, 0.25) is 0 Å². The summed E-state index contributed by atoms with van der Waals surface area (Å²) in [6.07, 6.45) is -2.22. The second kappa shape index (κ2) is 4.55. The fourth-order valence-electron chi connectivity index (χ4n) is 0.821. The maximum atomic E-state index is 9.50. The molecule has 0 bridgehead atoms. The first kappa shape index (κ1) is 13.8. The van der Waals surface area contributed by atoms with Gasteiger partial charge in [-0.2, -0.15) is 0 Å². The van der Waals surface area contributed by atoms with Gasteiger partial charge in [0, 0.05) is 5.41 Å². The quantitative estimate of drug-likeness (QED) is 0.479. The van der Waals surface area contributed by atoms with E-state index in [0.29, 0.717) is 0 Å². The third-order valence-electron chi connectivity index (χ3n) is 1.84. The van der Waals surface area contributed by atoms with E-state index in [1.54, 1.807) is 27.7 Å². The minimum absolute atomic E-state index is 0.177. The Morgan fingerprint density at radius 3 is 1.79 bits per heavy atom. The Morgan fingerprint density at radius 1 is 1.14 bits per heavy atom. The van der Waals surface area contributed by atoms with Crippen LogP contribution in [0.3, 0.4) is 0 Å². The van der Waals surface area contributed by atoms with Crippen LogP contribution in [-0.4, -0.2) is 38.8 Å². The first-order valence-electron chi connectivity index (χ1n) is 4.59. The van der Waals surface area contributed by atoms with E-state index in [9.17, 15) is 5.11 Å². The van der Waals surface area contributed by atoms with Crippen LogP contribution in [0.4, 0.5) is 0 Å². The van der Waals surface area contributed by atoms with Crippen molar-refractivity contribution in [3.05, 3.63) is 0 Å². The highest BCUT2D eigenvalue weighted by molar-refractivity contribution is 4.70. The maximum absolute atomic E-state index is 9.50. The van der Waals surface area contributed by atoms with E-state index < -0.39 is 23.8 Å². The van der Waals surface area contributed by atoms with Crippen molar-refractivity contribution < 1.29 is 25.2 Å². The summed E-state index contributed by atoms with van der Waals surface area (Å²) in [6.45, 7) is 6.81. The Bertz CT molecular complexity index is 167. The number of aliphatic hydroxyl groups excluding tert-OH is 1. The van der Waals surface area contributed by atoms with Crippen LogP contribution in [0.2, 0.25) is 0 Å². The Balaban J connectivity index is 4.34. The molecule has 0 saturated carbocycles. The highest BCUT2D eigenvalue weighted by atomic mass is 16.7. The SMILES string of the molecule is CCC(OC(O)C(C)(C)C)C(O)(O)O. The van der Waals surface area contributed by atoms with E-state index in [1.807, 2.05) is 0 Å².